The van der Waals surface area contributed by atoms with Crippen molar-refractivity contribution in [3.8, 4) is 0 Å². The number of anilines is 1. The number of hydrogen-bond donors (Lipinski definition) is 1. The first-order chi connectivity index (χ1) is 18.5. The van der Waals surface area contributed by atoms with Crippen LogP contribution in [-0.2, 0) is 0 Å². The molecule has 0 fully saturated rings. The van der Waals surface area contributed by atoms with E-state index in [1.807, 2.05) is 0 Å². The molecule has 0 radical (unpaired) electrons. The molecule has 6 rings (SSSR count). The van der Waals surface area contributed by atoms with Crippen molar-refractivity contribution < 1.29 is 18.8 Å². The quantitative estimate of drug-likeness (QED) is 0.150. The molecule has 0 unspecified atom stereocenters. The highest BCUT2D eigenvalue weighted by Crippen LogP contribution is 2.37. The second-order valence-electron chi connectivity index (χ2n) is 8.09. The molecule has 0 atom stereocenters. The Morgan fingerprint density at radius 3 is 2.55 bits per heavy atom. The van der Waals surface area contributed by atoms with Gasteiger partial charge in [-0.05, 0) is 72.4 Å². The van der Waals surface area contributed by atoms with Crippen LogP contribution in [0.15, 0.2) is 97.8 Å². The fraction of sp³-hybridized carbons (Fsp3) is 0. The van der Waals surface area contributed by atoms with Gasteiger partial charge in [0.1, 0.15) is 5.76 Å². The topological polar surface area (TPSA) is 105 Å². The molecule has 5 aromatic rings. The summed E-state index contributed by atoms with van der Waals surface area (Å²) in [5.41, 5.74) is 4.88. The average Bonchev–Trinajstić information content (AvgIpc) is 3.60. The van der Waals surface area contributed by atoms with Gasteiger partial charge in [0.15, 0.2) is 9.43 Å². The summed E-state index contributed by atoms with van der Waals surface area (Å²) in [6.07, 6.45) is 1.40. The lowest BCUT2D eigenvalue weighted by atomic mass is 10.1. The number of thiazole rings is 1. The van der Waals surface area contributed by atoms with Crippen LogP contribution in [0.3, 0.4) is 0 Å². The lowest BCUT2D eigenvalue weighted by Gasteiger charge is -2.13. The molecule has 1 aliphatic heterocycles. The number of carbonyl (C=O) groups is 3. The van der Waals surface area contributed by atoms with Gasteiger partial charge in [0, 0.05) is 10.6 Å². The Morgan fingerprint density at radius 1 is 1.00 bits per heavy atom. The number of nitrogens with one attached hydrogen (secondary N) is 1. The first-order valence-electron chi connectivity index (χ1n) is 11.2. The van der Waals surface area contributed by atoms with Crippen LogP contribution in [0.4, 0.5) is 5.69 Å². The molecule has 186 valence electrons. The molecule has 3 aromatic carbocycles. The third-order valence-electron chi connectivity index (χ3n) is 5.64. The highest BCUT2D eigenvalue weighted by Gasteiger charge is 2.36. The van der Waals surface area contributed by atoms with Crippen molar-refractivity contribution in [1.82, 2.24) is 10.4 Å². The number of rotatable bonds is 6. The van der Waals surface area contributed by atoms with Gasteiger partial charge in [-0.25, -0.2) is 15.3 Å². The van der Waals surface area contributed by atoms with E-state index in [0.29, 0.717) is 38.3 Å². The minimum absolute atomic E-state index is 0.336. The molecule has 0 saturated heterocycles. The summed E-state index contributed by atoms with van der Waals surface area (Å²) in [6, 6.07) is 22.2. The maximum Gasteiger partial charge on any atom is 0.271 e. The molecule has 3 amide bonds. The van der Waals surface area contributed by atoms with E-state index in [-0.39, 0.29) is 17.7 Å². The van der Waals surface area contributed by atoms with E-state index in [1.54, 1.807) is 78.9 Å². The van der Waals surface area contributed by atoms with Crippen molar-refractivity contribution in [2.75, 3.05) is 4.90 Å². The fourth-order valence-corrected chi connectivity index (χ4v) is 6.08. The summed E-state index contributed by atoms with van der Waals surface area (Å²) in [5.74, 6) is -0.608. The van der Waals surface area contributed by atoms with Crippen LogP contribution in [0.2, 0.25) is 5.02 Å². The summed E-state index contributed by atoms with van der Waals surface area (Å²) in [5, 5.41) is 4.99. The molecule has 1 aliphatic rings. The predicted octanol–water partition coefficient (Wildman–Crippen LogP) is 6.26. The van der Waals surface area contributed by atoms with E-state index in [2.05, 4.69) is 15.5 Å². The number of halogens is 1. The van der Waals surface area contributed by atoms with Crippen LogP contribution < -0.4 is 10.3 Å². The predicted molar refractivity (Wildman–Crippen MR) is 147 cm³/mol. The molecule has 1 N–H and O–H groups in total. The number of fused-ring (bicyclic) bond motifs is 2. The number of imide groups is 1. The zero-order valence-corrected chi connectivity index (χ0v) is 21.6. The lowest BCUT2D eigenvalue weighted by molar-refractivity contribution is 0.0922. The van der Waals surface area contributed by atoms with Crippen LogP contribution in [0.5, 0.6) is 0 Å². The van der Waals surface area contributed by atoms with Crippen LogP contribution in [0, 0.1) is 0 Å². The maximum absolute atomic E-state index is 12.8. The van der Waals surface area contributed by atoms with Gasteiger partial charge in [-0.15, -0.1) is 11.3 Å². The Hall–Kier alpha value is -4.25. The number of carbonyl (C=O) groups excluding carboxylic acids is 3. The SMILES string of the molecule is O=C(N/N=C\c1ccc(Sc2nc3ccc(N4C(=O)c5ccccc5C4=O)cc3s2)o1)c1cccc(Cl)c1. The first kappa shape index (κ1) is 24.1. The third-order valence-corrected chi connectivity index (χ3v) is 7.87. The summed E-state index contributed by atoms with van der Waals surface area (Å²) in [4.78, 5) is 43.6. The molecule has 0 saturated carbocycles. The first-order valence-corrected chi connectivity index (χ1v) is 13.2. The molecule has 11 heteroatoms. The Bertz CT molecular complexity index is 1740. The maximum atomic E-state index is 12.8. The Kier molecular flexibility index (Phi) is 6.28. The van der Waals surface area contributed by atoms with Crippen molar-refractivity contribution in [2.45, 2.75) is 9.43 Å². The summed E-state index contributed by atoms with van der Waals surface area (Å²) < 4.78 is 7.33. The van der Waals surface area contributed by atoms with Gasteiger partial charge in [0.2, 0.25) is 0 Å². The number of hydrazone groups is 1. The highest BCUT2D eigenvalue weighted by atomic mass is 35.5. The number of benzene rings is 3. The molecule has 0 bridgehead atoms. The fourth-order valence-electron chi connectivity index (χ4n) is 3.89. The van der Waals surface area contributed by atoms with E-state index in [4.69, 9.17) is 16.0 Å². The van der Waals surface area contributed by atoms with Crippen LogP contribution in [-0.4, -0.2) is 28.9 Å². The van der Waals surface area contributed by atoms with Gasteiger partial charge in [-0.1, -0.05) is 29.8 Å². The van der Waals surface area contributed by atoms with Crippen molar-refractivity contribution in [2.24, 2.45) is 5.10 Å². The molecule has 0 spiro atoms. The molecule has 2 aromatic heterocycles. The number of nitrogens with zero attached hydrogens (tertiary/aromatic N) is 3. The van der Waals surface area contributed by atoms with Crippen molar-refractivity contribution in [3.63, 3.8) is 0 Å². The average molecular weight is 559 g/mol. The monoisotopic (exact) mass is 558 g/mol. The molecule has 0 aliphatic carbocycles. The van der Waals surface area contributed by atoms with Crippen molar-refractivity contribution in [1.29, 1.82) is 0 Å². The summed E-state index contributed by atoms with van der Waals surface area (Å²) in [6.45, 7) is 0. The zero-order chi connectivity index (χ0) is 26.2. The Balaban J connectivity index is 1.14. The summed E-state index contributed by atoms with van der Waals surface area (Å²) in [7, 11) is 0. The van der Waals surface area contributed by atoms with Gasteiger partial charge >= 0.3 is 0 Å². The normalized spacial score (nSPS) is 13.0. The zero-order valence-electron chi connectivity index (χ0n) is 19.3. The van der Waals surface area contributed by atoms with E-state index in [0.717, 1.165) is 14.6 Å². The van der Waals surface area contributed by atoms with Crippen molar-refractivity contribution >= 4 is 74.5 Å². The van der Waals surface area contributed by atoms with Crippen LogP contribution in [0.1, 0.15) is 36.8 Å². The molecular formula is C27H15ClN4O4S2. The molecule has 3 heterocycles. The second kappa shape index (κ2) is 9.90. The third kappa shape index (κ3) is 4.60. The van der Waals surface area contributed by atoms with E-state index in [9.17, 15) is 14.4 Å². The smallest absolute Gasteiger partial charge is 0.271 e. The number of amides is 3. The van der Waals surface area contributed by atoms with Crippen molar-refractivity contribution in [3.05, 3.63) is 106 Å². The van der Waals surface area contributed by atoms with Gasteiger partial charge in [0.05, 0.1) is 33.2 Å². The lowest BCUT2D eigenvalue weighted by Crippen LogP contribution is -2.29. The van der Waals surface area contributed by atoms with Gasteiger partial charge in [-0.2, -0.15) is 5.10 Å². The van der Waals surface area contributed by atoms with E-state index < -0.39 is 0 Å². The van der Waals surface area contributed by atoms with Gasteiger partial charge in [0.25, 0.3) is 17.7 Å². The summed E-state index contributed by atoms with van der Waals surface area (Å²) >= 11 is 8.66. The number of furan rings is 1. The number of aromatic nitrogens is 1. The number of hydrogen-bond acceptors (Lipinski definition) is 8. The van der Waals surface area contributed by atoms with Gasteiger partial charge < -0.3 is 4.42 Å². The minimum Gasteiger partial charge on any atom is -0.448 e. The highest BCUT2D eigenvalue weighted by molar-refractivity contribution is 8.01. The largest absolute Gasteiger partial charge is 0.448 e. The molecule has 8 nitrogen and oxygen atoms in total. The molecule has 38 heavy (non-hydrogen) atoms. The van der Waals surface area contributed by atoms with Gasteiger partial charge in [-0.3, -0.25) is 14.4 Å². The van der Waals surface area contributed by atoms with E-state index in [1.165, 1.54) is 34.2 Å². The standard InChI is InChI=1S/C27H15ClN4O4S2/c28-16-5-3-4-15(12-16)24(33)31-29-14-18-9-11-23(36-18)38-27-30-21-10-8-17(13-22(21)37-27)32-25(34)19-6-1-2-7-20(19)26(32)35/h1-14H,(H,31,33)/b29-14-. The Labute approximate surface area is 228 Å². The van der Waals surface area contributed by atoms with E-state index >= 15 is 0 Å². The van der Waals surface area contributed by atoms with Crippen LogP contribution >= 0.6 is 34.7 Å². The second-order valence-corrected chi connectivity index (χ2v) is 10.8. The molecular weight excluding hydrogens is 544 g/mol. The minimum atomic E-state index is -0.389. The van der Waals surface area contributed by atoms with Crippen LogP contribution in [0.25, 0.3) is 10.2 Å². The Morgan fingerprint density at radius 2 is 1.79 bits per heavy atom.